The van der Waals surface area contributed by atoms with Crippen molar-refractivity contribution in [1.82, 2.24) is 9.55 Å². The van der Waals surface area contributed by atoms with Crippen molar-refractivity contribution < 1.29 is 9.47 Å². The summed E-state index contributed by atoms with van der Waals surface area (Å²) < 4.78 is 12.2. The molecule has 0 radical (unpaired) electrons. The summed E-state index contributed by atoms with van der Waals surface area (Å²) in [5, 5.41) is 9.03. The highest BCUT2D eigenvalue weighted by atomic mass is 16.5. The molecular weight excluding hydrogens is 244 g/mol. The average Bonchev–Trinajstić information content (AvgIpc) is 2.74. The minimum Gasteiger partial charge on any atom is -0.382 e. The zero-order chi connectivity index (χ0) is 13.7. The lowest BCUT2D eigenvalue weighted by molar-refractivity contribution is 0.0671. The lowest BCUT2D eigenvalue weighted by Gasteiger charge is -2.07. The van der Waals surface area contributed by atoms with E-state index in [-0.39, 0.29) is 0 Å². The second kappa shape index (κ2) is 6.18. The smallest absolute Gasteiger partial charge is 0.201 e. The standard InChI is InChI=1S/C13H16N4O2/c1-18-7-8-19-6-5-17-11-4-2-3-10(9-14)12(11)16-13(17)15/h2-4H,5-8H2,1H3,(H2,15,16). The van der Waals surface area contributed by atoms with E-state index in [2.05, 4.69) is 11.1 Å². The summed E-state index contributed by atoms with van der Waals surface area (Å²) in [4.78, 5) is 4.24. The van der Waals surface area contributed by atoms with E-state index in [1.54, 1.807) is 13.2 Å². The molecule has 0 atom stereocenters. The van der Waals surface area contributed by atoms with Gasteiger partial charge in [0.15, 0.2) is 0 Å². The SMILES string of the molecule is COCCOCCn1c(N)nc2c(C#N)cccc21. The van der Waals surface area contributed by atoms with Crippen molar-refractivity contribution in [1.29, 1.82) is 5.26 Å². The second-order valence-electron chi connectivity index (χ2n) is 4.01. The van der Waals surface area contributed by atoms with Crippen molar-refractivity contribution in [3.8, 4) is 6.07 Å². The molecule has 0 unspecified atom stereocenters. The van der Waals surface area contributed by atoms with Crippen LogP contribution in [-0.2, 0) is 16.0 Å². The van der Waals surface area contributed by atoms with Crippen molar-refractivity contribution in [2.45, 2.75) is 6.54 Å². The van der Waals surface area contributed by atoms with Gasteiger partial charge in [-0.3, -0.25) is 0 Å². The summed E-state index contributed by atoms with van der Waals surface area (Å²) in [7, 11) is 1.63. The molecule has 6 heteroatoms. The van der Waals surface area contributed by atoms with E-state index in [9.17, 15) is 0 Å². The lowest BCUT2D eigenvalue weighted by atomic mass is 10.2. The number of fused-ring (bicyclic) bond motifs is 1. The molecule has 100 valence electrons. The molecule has 2 rings (SSSR count). The molecule has 0 saturated carbocycles. The molecule has 0 aliphatic carbocycles. The lowest BCUT2D eigenvalue weighted by Crippen LogP contribution is -2.11. The van der Waals surface area contributed by atoms with Crippen LogP contribution in [0, 0.1) is 11.3 Å². The van der Waals surface area contributed by atoms with Gasteiger partial charge in [-0.1, -0.05) is 6.07 Å². The van der Waals surface area contributed by atoms with E-state index in [1.807, 2.05) is 16.7 Å². The third-order valence-corrected chi connectivity index (χ3v) is 2.82. The van der Waals surface area contributed by atoms with Gasteiger partial charge in [0.1, 0.15) is 11.6 Å². The largest absolute Gasteiger partial charge is 0.382 e. The van der Waals surface area contributed by atoms with Gasteiger partial charge in [0.05, 0.1) is 30.9 Å². The maximum Gasteiger partial charge on any atom is 0.201 e. The summed E-state index contributed by atoms with van der Waals surface area (Å²) in [6.45, 7) is 2.24. The molecule has 1 aromatic heterocycles. The van der Waals surface area contributed by atoms with Gasteiger partial charge in [-0.15, -0.1) is 0 Å². The van der Waals surface area contributed by atoms with Gasteiger partial charge in [-0.2, -0.15) is 5.26 Å². The highest BCUT2D eigenvalue weighted by Crippen LogP contribution is 2.20. The van der Waals surface area contributed by atoms with Gasteiger partial charge in [-0.05, 0) is 12.1 Å². The molecule has 6 nitrogen and oxygen atoms in total. The monoisotopic (exact) mass is 260 g/mol. The van der Waals surface area contributed by atoms with Crippen LogP contribution in [0.25, 0.3) is 11.0 Å². The van der Waals surface area contributed by atoms with E-state index in [0.717, 1.165) is 5.52 Å². The number of methoxy groups -OCH3 is 1. The van der Waals surface area contributed by atoms with E-state index in [0.29, 0.717) is 43.4 Å². The number of nitrogens with two attached hydrogens (primary N) is 1. The quantitative estimate of drug-likeness (QED) is 0.787. The molecule has 0 aliphatic heterocycles. The Hall–Kier alpha value is -2.10. The Bertz CT molecular complexity index is 600. The summed E-state index contributed by atoms with van der Waals surface area (Å²) >= 11 is 0. The van der Waals surface area contributed by atoms with Crippen molar-refractivity contribution in [3.63, 3.8) is 0 Å². The Labute approximate surface area is 111 Å². The van der Waals surface area contributed by atoms with Gasteiger partial charge >= 0.3 is 0 Å². The molecule has 1 aromatic carbocycles. The normalized spacial score (nSPS) is 10.7. The van der Waals surface area contributed by atoms with E-state index >= 15 is 0 Å². The number of nitrogen functional groups attached to an aromatic ring is 1. The Balaban J connectivity index is 2.15. The number of hydrogen-bond donors (Lipinski definition) is 1. The van der Waals surface area contributed by atoms with Crippen LogP contribution in [0.3, 0.4) is 0 Å². The number of benzene rings is 1. The number of imidazole rings is 1. The Morgan fingerprint density at radius 1 is 1.37 bits per heavy atom. The van der Waals surface area contributed by atoms with Crippen LogP contribution in [0.15, 0.2) is 18.2 Å². The van der Waals surface area contributed by atoms with Gasteiger partial charge in [0.2, 0.25) is 5.95 Å². The molecule has 0 amide bonds. The van der Waals surface area contributed by atoms with Crippen LogP contribution in [0.1, 0.15) is 5.56 Å². The second-order valence-corrected chi connectivity index (χ2v) is 4.01. The number of nitrogens with zero attached hydrogens (tertiary/aromatic N) is 3. The maximum absolute atomic E-state index is 9.03. The molecule has 19 heavy (non-hydrogen) atoms. The first-order chi connectivity index (χ1) is 9.27. The molecule has 2 aromatic rings. The third-order valence-electron chi connectivity index (χ3n) is 2.82. The number of nitriles is 1. The fraction of sp³-hybridized carbons (Fsp3) is 0.385. The topological polar surface area (TPSA) is 86.1 Å². The van der Waals surface area contributed by atoms with Gasteiger partial charge in [-0.25, -0.2) is 4.98 Å². The highest BCUT2D eigenvalue weighted by molar-refractivity contribution is 5.83. The van der Waals surface area contributed by atoms with E-state index in [4.69, 9.17) is 20.5 Å². The molecule has 0 saturated heterocycles. The van der Waals surface area contributed by atoms with Crippen LogP contribution in [0.5, 0.6) is 0 Å². The molecule has 0 fully saturated rings. The van der Waals surface area contributed by atoms with E-state index < -0.39 is 0 Å². The molecule has 0 aliphatic rings. The first-order valence-corrected chi connectivity index (χ1v) is 5.99. The van der Waals surface area contributed by atoms with E-state index in [1.165, 1.54) is 0 Å². The minimum atomic E-state index is 0.396. The maximum atomic E-state index is 9.03. The van der Waals surface area contributed by atoms with Gasteiger partial charge in [0, 0.05) is 13.7 Å². The van der Waals surface area contributed by atoms with Crippen LogP contribution in [0.4, 0.5) is 5.95 Å². The fourth-order valence-electron chi connectivity index (χ4n) is 1.89. The zero-order valence-corrected chi connectivity index (χ0v) is 10.8. The molecule has 2 N–H and O–H groups in total. The van der Waals surface area contributed by atoms with Crippen LogP contribution < -0.4 is 5.73 Å². The third kappa shape index (κ3) is 2.84. The Kier molecular flexibility index (Phi) is 4.34. The Morgan fingerprint density at radius 2 is 2.21 bits per heavy atom. The summed E-state index contributed by atoms with van der Waals surface area (Å²) in [5.41, 5.74) is 7.90. The number of rotatable bonds is 6. The molecule has 0 spiro atoms. The number of aromatic nitrogens is 2. The predicted octanol–water partition coefficient (Wildman–Crippen LogP) is 1.15. The zero-order valence-electron chi connectivity index (χ0n) is 10.8. The van der Waals surface area contributed by atoms with Crippen molar-refractivity contribution in [3.05, 3.63) is 23.8 Å². The number of hydrogen-bond acceptors (Lipinski definition) is 5. The number of para-hydroxylation sites is 1. The van der Waals surface area contributed by atoms with Gasteiger partial charge < -0.3 is 19.8 Å². The molecule has 0 bridgehead atoms. The minimum absolute atomic E-state index is 0.396. The Morgan fingerprint density at radius 3 is 2.95 bits per heavy atom. The summed E-state index contributed by atoms with van der Waals surface area (Å²) in [6, 6.07) is 7.57. The van der Waals surface area contributed by atoms with Crippen molar-refractivity contribution in [2.75, 3.05) is 32.7 Å². The van der Waals surface area contributed by atoms with Gasteiger partial charge in [0.25, 0.3) is 0 Å². The van der Waals surface area contributed by atoms with Crippen LogP contribution >= 0.6 is 0 Å². The number of ether oxygens (including phenoxy) is 2. The first-order valence-electron chi connectivity index (χ1n) is 5.99. The number of anilines is 1. The van der Waals surface area contributed by atoms with Crippen LogP contribution in [-0.4, -0.2) is 36.5 Å². The average molecular weight is 260 g/mol. The van der Waals surface area contributed by atoms with Crippen molar-refractivity contribution in [2.24, 2.45) is 0 Å². The van der Waals surface area contributed by atoms with Crippen molar-refractivity contribution >= 4 is 17.0 Å². The van der Waals surface area contributed by atoms with Crippen LogP contribution in [0.2, 0.25) is 0 Å². The fourth-order valence-corrected chi connectivity index (χ4v) is 1.89. The summed E-state index contributed by atoms with van der Waals surface area (Å²) in [6.07, 6.45) is 0. The predicted molar refractivity (Wildman–Crippen MR) is 71.6 cm³/mol. The summed E-state index contributed by atoms with van der Waals surface area (Å²) in [5.74, 6) is 0.396. The first kappa shape index (κ1) is 13.3. The molecule has 1 heterocycles. The molecular formula is C13H16N4O2. The highest BCUT2D eigenvalue weighted by Gasteiger charge is 2.10.